The fourth-order valence-corrected chi connectivity index (χ4v) is 0.385. The summed E-state index contributed by atoms with van der Waals surface area (Å²) in [6.07, 6.45) is 0. The van der Waals surface area contributed by atoms with Gasteiger partial charge in [0.2, 0.25) is 0 Å². The van der Waals surface area contributed by atoms with E-state index in [4.69, 9.17) is 4.57 Å². The lowest BCUT2D eigenvalue weighted by Crippen LogP contribution is -1.47. The largest absolute Gasteiger partial charge is 0.327 e. The highest BCUT2D eigenvalue weighted by Gasteiger charge is 1.57. The minimum absolute atomic E-state index is 0.252. The second-order valence-electron chi connectivity index (χ2n) is 1.41. The molecular weight excluding hydrogens is 171 g/mol. The first kappa shape index (κ1) is 13.8. The predicted octanol–water partition coefficient (Wildman–Crippen LogP) is 3.55. The number of rotatable bonds is 1. The van der Waals surface area contributed by atoms with E-state index in [1.807, 2.05) is 50.2 Å². The molecule has 0 aliphatic rings. The molecule has 0 saturated carbocycles. The van der Waals surface area contributed by atoms with Crippen molar-refractivity contribution in [3.63, 3.8) is 0 Å². The Bertz CT molecular complexity index is 127. The van der Waals surface area contributed by atoms with E-state index in [1.54, 1.807) is 0 Å². The summed E-state index contributed by atoms with van der Waals surface area (Å²) in [5.74, 6) is 0. The Balaban J connectivity index is 0. The average Bonchev–Trinajstić information content (AvgIpc) is 2.24. The van der Waals surface area contributed by atoms with Crippen LogP contribution in [0.3, 0.4) is 0 Å². The van der Waals surface area contributed by atoms with Crippen molar-refractivity contribution < 1.29 is 9.09 Å². The topological polar surface area (TPSA) is 26.3 Å². The fraction of sp³-hybridized carbons (Fsp3) is 0.333. The van der Waals surface area contributed by atoms with Gasteiger partial charge in [0.25, 0.3) is 0 Å². The van der Waals surface area contributed by atoms with Crippen LogP contribution in [0, 0.1) is 0 Å². The first-order chi connectivity index (χ1) is 5.91. The van der Waals surface area contributed by atoms with Crippen molar-refractivity contribution in [1.82, 2.24) is 0 Å². The maximum Gasteiger partial charge on any atom is 0.327 e. The molecular formula is C9H15O2P. The Hall–Kier alpha value is -0.720. The maximum atomic E-state index is 9.05. The number of benzene rings is 1. The van der Waals surface area contributed by atoms with Crippen molar-refractivity contribution in [2.45, 2.75) is 13.8 Å². The van der Waals surface area contributed by atoms with Crippen LogP contribution in [-0.4, -0.2) is 7.11 Å². The zero-order valence-electron chi connectivity index (χ0n) is 7.73. The lowest BCUT2D eigenvalue weighted by molar-refractivity contribution is 0.433. The van der Waals surface area contributed by atoms with Gasteiger partial charge in [-0.2, -0.15) is 0 Å². The average molecular weight is 186 g/mol. The van der Waals surface area contributed by atoms with Crippen LogP contribution < -0.4 is 0 Å². The molecule has 0 unspecified atom stereocenters. The molecule has 0 aliphatic carbocycles. The highest BCUT2D eigenvalue weighted by molar-refractivity contribution is 7.17. The molecule has 12 heavy (non-hydrogen) atoms. The summed E-state index contributed by atoms with van der Waals surface area (Å²) < 4.78 is 13.0. The molecule has 0 bridgehead atoms. The molecule has 0 amide bonds. The Morgan fingerprint density at radius 1 is 0.917 bits per heavy atom. The summed E-state index contributed by atoms with van der Waals surface area (Å²) in [6, 6.07) is 12.0. The summed E-state index contributed by atoms with van der Waals surface area (Å²) in [5, 5.41) is 0. The van der Waals surface area contributed by atoms with Gasteiger partial charge in [0.15, 0.2) is 0 Å². The van der Waals surface area contributed by atoms with Crippen LogP contribution in [0.4, 0.5) is 0 Å². The van der Waals surface area contributed by atoms with Gasteiger partial charge in [0.1, 0.15) is 0 Å². The van der Waals surface area contributed by atoms with E-state index in [0.717, 1.165) is 0 Å². The molecule has 3 heteroatoms. The third-order valence-electron chi connectivity index (χ3n) is 0.741. The number of hydrogen-bond donors (Lipinski definition) is 0. The first-order valence-corrected chi connectivity index (χ1v) is 4.50. The van der Waals surface area contributed by atoms with Crippen molar-refractivity contribution in [3.05, 3.63) is 36.4 Å². The zero-order valence-corrected chi connectivity index (χ0v) is 8.62. The summed E-state index contributed by atoms with van der Waals surface area (Å²) in [6.45, 7) is 4.00. The highest BCUT2D eigenvalue weighted by atomic mass is 31.1. The van der Waals surface area contributed by atoms with E-state index in [9.17, 15) is 0 Å². The van der Waals surface area contributed by atoms with E-state index in [1.165, 1.54) is 7.11 Å². The van der Waals surface area contributed by atoms with Crippen LogP contribution in [0.15, 0.2) is 36.4 Å². The Labute approximate surface area is 75.9 Å². The number of hydrogen-bond acceptors (Lipinski definition) is 2. The first-order valence-electron chi connectivity index (χ1n) is 3.77. The van der Waals surface area contributed by atoms with E-state index in [2.05, 4.69) is 4.52 Å². The van der Waals surface area contributed by atoms with Crippen LogP contribution in [0.2, 0.25) is 0 Å². The third kappa shape index (κ3) is 16.1. The normalized spacial score (nSPS) is 7.25. The quantitative estimate of drug-likeness (QED) is 0.627. The van der Waals surface area contributed by atoms with E-state index >= 15 is 0 Å². The Morgan fingerprint density at radius 2 is 1.08 bits per heavy atom. The van der Waals surface area contributed by atoms with Crippen LogP contribution >= 0.6 is 8.69 Å². The molecule has 68 valence electrons. The molecule has 0 aromatic heterocycles. The molecule has 0 N–H and O–H groups in total. The van der Waals surface area contributed by atoms with Crippen LogP contribution in [0.25, 0.3) is 0 Å². The van der Waals surface area contributed by atoms with Gasteiger partial charge in [-0.1, -0.05) is 50.2 Å². The summed E-state index contributed by atoms with van der Waals surface area (Å²) >= 11 is 0. The van der Waals surface area contributed by atoms with E-state index in [0.29, 0.717) is 0 Å². The molecule has 0 saturated heterocycles. The Kier molecular flexibility index (Phi) is 19.3. The van der Waals surface area contributed by atoms with Gasteiger partial charge in [0.05, 0.1) is 0 Å². The second kappa shape index (κ2) is 16.7. The van der Waals surface area contributed by atoms with Crippen molar-refractivity contribution in [2.24, 2.45) is 0 Å². The minimum atomic E-state index is -0.252. The second-order valence-corrected chi connectivity index (χ2v) is 1.93. The molecule has 0 atom stereocenters. The van der Waals surface area contributed by atoms with E-state index < -0.39 is 0 Å². The van der Waals surface area contributed by atoms with Gasteiger partial charge in [-0.15, -0.1) is 0 Å². The van der Waals surface area contributed by atoms with Crippen molar-refractivity contribution in [1.29, 1.82) is 0 Å². The van der Waals surface area contributed by atoms with E-state index in [-0.39, 0.29) is 8.69 Å². The summed E-state index contributed by atoms with van der Waals surface area (Å²) in [4.78, 5) is 0. The molecule has 0 radical (unpaired) electrons. The van der Waals surface area contributed by atoms with Crippen molar-refractivity contribution >= 4 is 8.69 Å². The lowest BCUT2D eigenvalue weighted by Gasteiger charge is -1.69. The molecule has 0 fully saturated rings. The van der Waals surface area contributed by atoms with Gasteiger partial charge >= 0.3 is 8.69 Å². The lowest BCUT2D eigenvalue weighted by atomic mass is 10.4. The van der Waals surface area contributed by atoms with Gasteiger partial charge in [-0.25, -0.2) is 4.57 Å². The smallest absolute Gasteiger partial charge is 0.298 e. The highest BCUT2D eigenvalue weighted by Crippen LogP contribution is 1.83. The van der Waals surface area contributed by atoms with Gasteiger partial charge < -0.3 is 0 Å². The van der Waals surface area contributed by atoms with Crippen LogP contribution in [0.1, 0.15) is 13.8 Å². The van der Waals surface area contributed by atoms with Gasteiger partial charge in [0, 0.05) is 7.11 Å². The molecule has 0 aliphatic heterocycles. The van der Waals surface area contributed by atoms with Gasteiger partial charge in [-0.3, -0.25) is 4.52 Å². The molecule has 1 aromatic rings. The SMILES string of the molecule is CC.COP=O.c1ccccc1. The summed E-state index contributed by atoms with van der Waals surface area (Å²) in [5.41, 5.74) is 0. The maximum absolute atomic E-state index is 9.05. The van der Waals surface area contributed by atoms with Crippen LogP contribution in [-0.2, 0) is 9.09 Å². The summed E-state index contributed by atoms with van der Waals surface area (Å²) in [7, 11) is 1.10. The van der Waals surface area contributed by atoms with Crippen molar-refractivity contribution in [3.8, 4) is 0 Å². The monoisotopic (exact) mass is 186 g/mol. The van der Waals surface area contributed by atoms with Crippen LogP contribution in [0.5, 0.6) is 0 Å². The molecule has 0 spiro atoms. The Morgan fingerprint density at radius 3 is 1.17 bits per heavy atom. The fourth-order valence-electron chi connectivity index (χ4n) is 0.385. The minimum Gasteiger partial charge on any atom is -0.298 e. The molecule has 1 aromatic carbocycles. The zero-order chi connectivity index (χ0) is 9.66. The third-order valence-corrected chi connectivity index (χ3v) is 0.890. The molecule has 0 heterocycles. The molecule has 2 nitrogen and oxygen atoms in total. The van der Waals surface area contributed by atoms with Crippen molar-refractivity contribution in [2.75, 3.05) is 7.11 Å². The predicted molar refractivity (Wildman–Crippen MR) is 52.4 cm³/mol. The van der Waals surface area contributed by atoms with Gasteiger partial charge in [-0.05, 0) is 0 Å². The molecule has 1 rings (SSSR count). The standard InChI is InChI=1S/C6H6.C2H6.CH3O2P/c1-2-4-6-5-3-1;1-2;1-3-4-2/h1-6H;1-2H3;1H3.